The van der Waals surface area contributed by atoms with Gasteiger partial charge in [-0.3, -0.25) is 0 Å². The molecule has 0 spiro atoms. The van der Waals surface area contributed by atoms with Crippen LogP contribution in [0.1, 0.15) is 17.8 Å². The fourth-order valence-corrected chi connectivity index (χ4v) is 3.39. The highest BCUT2D eigenvalue weighted by molar-refractivity contribution is 7.16. The summed E-state index contributed by atoms with van der Waals surface area (Å²) in [6.07, 6.45) is 2.69. The SMILES string of the molecule is CCc1nc(N(C)Cc2nccs2)c2ccsc2n1. The first-order chi connectivity index (χ1) is 9.28. The molecule has 0 bridgehead atoms. The van der Waals surface area contributed by atoms with Crippen LogP contribution < -0.4 is 4.90 Å². The molecular formula is C13H14N4S2. The molecule has 0 aliphatic heterocycles. The molecule has 6 heteroatoms. The van der Waals surface area contributed by atoms with E-state index < -0.39 is 0 Å². The Morgan fingerprint density at radius 2 is 2.11 bits per heavy atom. The van der Waals surface area contributed by atoms with Crippen molar-refractivity contribution in [1.29, 1.82) is 0 Å². The first-order valence-corrected chi connectivity index (χ1v) is 7.87. The van der Waals surface area contributed by atoms with E-state index in [1.54, 1.807) is 22.7 Å². The van der Waals surface area contributed by atoms with Crippen LogP contribution in [0.3, 0.4) is 0 Å². The highest BCUT2D eigenvalue weighted by atomic mass is 32.1. The van der Waals surface area contributed by atoms with E-state index in [9.17, 15) is 0 Å². The lowest BCUT2D eigenvalue weighted by atomic mass is 10.3. The molecule has 0 saturated heterocycles. The number of fused-ring (bicyclic) bond motifs is 1. The molecule has 0 N–H and O–H groups in total. The van der Waals surface area contributed by atoms with Crippen molar-refractivity contribution in [2.75, 3.05) is 11.9 Å². The third-order valence-electron chi connectivity index (χ3n) is 2.88. The molecule has 0 fully saturated rings. The molecule has 4 nitrogen and oxygen atoms in total. The van der Waals surface area contributed by atoms with E-state index in [4.69, 9.17) is 0 Å². The van der Waals surface area contributed by atoms with E-state index >= 15 is 0 Å². The van der Waals surface area contributed by atoms with E-state index in [2.05, 4.69) is 45.3 Å². The van der Waals surface area contributed by atoms with Gasteiger partial charge in [-0.15, -0.1) is 22.7 Å². The molecule has 3 heterocycles. The molecule has 0 atom stereocenters. The number of hydrogen-bond donors (Lipinski definition) is 0. The summed E-state index contributed by atoms with van der Waals surface area (Å²) in [5, 5.41) is 6.30. The van der Waals surface area contributed by atoms with Crippen molar-refractivity contribution in [3.63, 3.8) is 0 Å². The predicted octanol–water partition coefficient (Wildman–Crippen LogP) is 3.35. The summed E-state index contributed by atoms with van der Waals surface area (Å²) in [6, 6.07) is 2.09. The Hall–Kier alpha value is -1.53. The van der Waals surface area contributed by atoms with Gasteiger partial charge >= 0.3 is 0 Å². The Balaban J connectivity index is 2.00. The number of aryl methyl sites for hydroxylation is 1. The Kier molecular flexibility index (Phi) is 3.44. The van der Waals surface area contributed by atoms with Gasteiger partial charge in [0.15, 0.2) is 0 Å². The van der Waals surface area contributed by atoms with Crippen LogP contribution in [0.25, 0.3) is 10.2 Å². The Bertz CT molecular complexity index is 675. The van der Waals surface area contributed by atoms with Crippen LogP contribution in [0.5, 0.6) is 0 Å². The largest absolute Gasteiger partial charge is 0.352 e. The number of thiazole rings is 1. The standard InChI is InChI=1S/C13H14N4S2/c1-3-10-15-12(9-4-6-19-13(9)16-10)17(2)8-11-14-5-7-18-11/h4-7H,3,8H2,1-2H3. The van der Waals surface area contributed by atoms with Crippen LogP contribution in [0.15, 0.2) is 23.0 Å². The lowest BCUT2D eigenvalue weighted by Gasteiger charge is -2.18. The third kappa shape index (κ3) is 2.46. The number of nitrogens with zero attached hydrogens (tertiary/aromatic N) is 4. The number of thiophene rings is 1. The minimum absolute atomic E-state index is 0.781. The summed E-state index contributed by atoms with van der Waals surface area (Å²) < 4.78 is 0. The maximum Gasteiger partial charge on any atom is 0.141 e. The summed E-state index contributed by atoms with van der Waals surface area (Å²) in [6.45, 7) is 2.86. The van der Waals surface area contributed by atoms with Crippen LogP contribution in [0, 0.1) is 0 Å². The van der Waals surface area contributed by atoms with Gasteiger partial charge in [0.25, 0.3) is 0 Å². The molecule has 0 radical (unpaired) electrons. The fraction of sp³-hybridized carbons (Fsp3) is 0.308. The van der Waals surface area contributed by atoms with Gasteiger partial charge in [-0.2, -0.15) is 0 Å². The second-order valence-electron chi connectivity index (χ2n) is 4.24. The molecule has 3 rings (SSSR count). The quantitative estimate of drug-likeness (QED) is 0.739. The average Bonchev–Trinajstić information content (AvgIpc) is 3.07. The molecule has 0 aliphatic rings. The maximum atomic E-state index is 4.67. The summed E-state index contributed by atoms with van der Waals surface area (Å²) >= 11 is 3.34. The van der Waals surface area contributed by atoms with E-state index in [0.29, 0.717) is 0 Å². The maximum absolute atomic E-state index is 4.67. The highest BCUT2D eigenvalue weighted by Gasteiger charge is 2.13. The normalized spacial score (nSPS) is 11.1. The first kappa shape index (κ1) is 12.5. The molecular weight excluding hydrogens is 276 g/mol. The Morgan fingerprint density at radius 1 is 1.21 bits per heavy atom. The van der Waals surface area contributed by atoms with Crippen molar-refractivity contribution in [2.24, 2.45) is 0 Å². The van der Waals surface area contributed by atoms with Crippen molar-refractivity contribution in [2.45, 2.75) is 19.9 Å². The highest BCUT2D eigenvalue weighted by Crippen LogP contribution is 2.28. The van der Waals surface area contributed by atoms with Gasteiger partial charge in [0.1, 0.15) is 21.5 Å². The zero-order valence-corrected chi connectivity index (χ0v) is 12.5. The van der Waals surface area contributed by atoms with Gasteiger partial charge in [-0.1, -0.05) is 6.92 Å². The van der Waals surface area contributed by atoms with Crippen LogP contribution in [0.4, 0.5) is 5.82 Å². The summed E-state index contributed by atoms with van der Waals surface area (Å²) in [5.41, 5.74) is 0. The smallest absolute Gasteiger partial charge is 0.141 e. The molecule has 0 amide bonds. The molecule has 0 aliphatic carbocycles. The van der Waals surface area contributed by atoms with Crippen LogP contribution in [0.2, 0.25) is 0 Å². The zero-order valence-electron chi connectivity index (χ0n) is 10.8. The van der Waals surface area contributed by atoms with Crippen molar-refractivity contribution < 1.29 is 0 Å². The molecule has 3 aromatic rings. The van der Waals surface area contributed by atoms with E-state index in [0.717, 1.165) is 39.8 Å². The zero-order chi connectivity index (χ0) is 13.2. The number of hydrogen-bond acceptors (Lipinski definition) is 6. The van der Waals surface area contributed by atoms with Crippen molar-refractivity contribution in [1.82, 2.24) is 15.0 Å². The van der Waals surface area contributed by atoms with Gasteiger partial charge in [0.2, 0.25) is 0 Å². The Labute approximate surface area is 119 Å². The molecule has 0 saturated carbocycles. The van der Waals surface area contributed by atoms with Gasteiger partial charge in [0, 0.05) is 25.0 Å². The third-order valence-corrected chi connectivity index (χ3v) is 4.46. The molecule has 3 aromatic heterocycles. The second kappa shape index (κ2) is 5.22. The van der Waals surface area contributed by atoms with Gasteiger partial charge in [-0.05, 0) is 11.4 Å². The molecule has 0 unspecified atom stereocenters. The average molecular weight is 290 g/mol. The Morgan fingerprint density at radius 3 is 2.84 bits per heavy atom. The van der Waals surface area contributed by atoms with E-state index in [1.807, 2.05) is 11.6 Å². The topological polar surface area (TPSA) is 41.9 Å². The monoisotopic (exact) mass is 290 g/mol. The second-order valence-corrected chi connectivity index (χ2v) is 6.11. The summed E-state index contributed by atoms with van der Waals surface area (Å²) in [4.78, 5) is 16.8. The minimum atomic E-state index is 0.781. The van der Waals surface area contributed by atoms with Crippen LogP contribution in [-0.2, 0) is 13.0 Å². The number of anilines is 1. The number of aromatic nitrogens is 3. The summed E-state index contributed by atoms with van der Waals surface area (Å²) in [7, 11) is 2.06. The van der Waals surface area contributed by atoms with Crippen LogP contribution >= 0.6 is 22.7 Å². The molecule has 0 aromatic carbocycles. The van der Waals surface area contributed by atoms with Gasteiger partial charge in [0.05, 0.1) is 11.9 Å². The molecule has 19 heavy (non-hydrogen) atoms. The van der Waals surface area contributed by atoms with Crippen molar-refractivity contribution in [3.05, 3.63) is 33.9 Å². The van der Waals surface area contributed by atoms with Crippen molar-refractivity contribution >= 4 is 38.7 Å². The fourth-order valence-electron chi connectivity index (χ4n) is 1.94. The first-order valence-electron chi connectivity index (χ1n) is 6.11. The van der Waals surface area contributed by atoms with Gasteiger partial charge in [-0.25, -0.2) is 15.0 Å². The van der Waals surface area contributed by atoms with E-state index in [1.165, 1.54) is 0 Å². The number of rotatable bonds is 4. The summed E-state index contributed by atoms with van der Waals surface area (Å²) in [5.74, 6) is 1.90. The van der Waals surface area contributed by atoms with Crippen LogP contribution in [-0.4, -0.2) is 22.0 Å². The van der Waals surface area contributed by atoms with Gasteiger partial charge < -0.3 is 4.90 Å². The van der Waals surface area contributed by atoms with Crippen molar-refractivity contribution in [3.8, 4) is 0 Å². The predicted molar refractivity (Wildman–Crippen MR) is 81.0 cm³/mol. The lowest BCUT2D eigenvalue weighted by Crippen LogP contribution is -2.18. The van der Waals surface area contributed by atoms with E-state index in [-0.39, 0.29) is 0 Å². The minimum Gasteiger partial charge on any atom is -0.352 e. The lowest BCUT2D eigenvalue weighted by molar-refractivity contribution is 0.867. The molecule has 98 valence electrons.